The zero-order chi connectivity index (χ0) is 22.3. The lowest BCUT2D eigenvalue weighted by molar-refractivity contribution is -0.150. The van der Waals surface area contributed by atoms with E-state index in [2.05, 4.69) is 39.1 Å². The Labute approximate surface area is 188 Å². The number of carboxylic acids is 1. The van der Waals surface area contributed by atoms with E-state index in [9.17, 15) is 9.90 Å². The number of aromatic nitrogens is 2. The molecule has 2 aromatic heterocycles. The van der Waals surface area contributed by atoms with Crippen LogP contribution in [0.1, 0.15) is 42.3 Å². The Balaban J connectivity index is 1.38. The lowest BCUT2D eigenvalue weighted by Crippen LogP contribution is -2.26. The van der Waals surface area contributed by atoms with Gasteiger partial charge in [-0.1, -0.05) is 31.2 Å². The molecule has 1 N–H and O–H groups in total. The number of anilines is 2. The fourth-order valence-electron chi connectivity index (χ4n) is 4.13. The molecule has 1 atom stereocenters. The largest absolute Gasteiger partial charge is 0.479 e. The molecule has 1 aromatic carbocycles. The van der Waals surface area contributed by atoms with Gasteiger partial charge in [0.25, 0.3) is 0 Å². The van der Waals surface area contributed by atoms with E-state index in [4.69, 9.17) is 4.74 Å². The van der Waals surface area contributed by atoms with Crippen molar-refractivity contribution in [2.45, 2.75) is 45.1 Å². The minimum Gasteiger partial charge on any atom is -0.479 e. The van der Waals surface area contributed by atoms with E-state index in [-0.39, 0.29) is 0 Å². The Kier molecular flexibility index (Phi) is 7.12. The third kappa shape index (κ3) is 5.14. The van der Waals surface area contributed by atoms with Gasteiger partial charge >= 0.3 is 5.97 Å². The van der Waals surface area contributed by atoms with Gasteiger partial charge in [0.1, 0.15) is 0 Å². The molecule has 0 radical (unpaired) electrons. The smallest absolute Gasteiger partial charge is 0.333 e. The number of ether oxygens (including phenoxy) is 1. The Bertz CT molecular complexity index is 1010. The van der Waals surface area contributed by atoms with E-state index < -0.39 is 12.1 Å². The van der Waals surface area contributed by atoms with Crippen LogP contribution in [0.15, 0.2) is 60.9 Å². The van der Waals surface area contributed by atoms with Crippen molar-refractivity contribution in [2.75, 3.05) is 18.1 Å². The van der Waals surface area contributed by atoms with Crippen LogP contribution in [-0.4, -0.2) is 40.3 Å². The first kappa shape index (κ1) is 22.0. The zero-order valence-corrected chi connectivity index (χ0v) is 18.4. The highest BCUT2D eigenvalue weighted by Gasteiger charge is 2.23. The molecular weight excluding hydrogens is 402 g/mol. The van der Waals surface area contributed by atoms with Gasteiger partial charge in [-0.2, -0.15) is 0 Å². The highest BCUT2D eigenvalue weighted by Crippen LogP contribution is 2.36. The Morgan fingerprint density at radius 1 is 1.03 bits per heavy atom. The summed E-state index contributed by atoms with van der Waals surface area (Å²) in [5, 5.41) is 9.36. The number of fused-ring (bicyclic) bond motifs is 2. The van der Waals surface area contributed by atoms with Gasteiger partial charge in [0.15, 0.2) is 6.10 Å². The number of rotatable bonds is 10. The number of carbonyl (C=O) groups is 1. The van der Waals surface area contributed by atoms with Crippen molar-refractivity contribution >= 4 is 17.3 Å². The summed E-state index contributed by atoms with van der Waals surface area (Å²) in [5.74, 6) is -0.909. The van der Waals surface area contributed by atoms with Crippen molar-refractivity contribution in [2.24, 2.45) is 0 Å². The van der Waals surface area contributed by atoms with Crippen molar-refractivity contribution in [1.82, 2.24) is 9.97 Å². The molecule has 1 aliphatic rings. The number of hydrogen-bond acceptors (Lipinski definition) is 5. The third-order valence-electron chi connectivity index (χ3n) is 5.74. The van der Waals surface area contributed by atoms with Gasteiger partial charge in [0.2, 0.25) is 0 Å². The first-order valence-corrected chi connectivity index (χ1v) is 11.2. The number of hydrogen-bond donors (Lipinski definition) is 1. The summed E-state index contributed by atoms with van der Waals surface area (Å²) in [6, 6.07) is 16.4. The summed E-state index contributed by atoms with van der Waals surface area (Å²) in [7, 11) is 0. The third-order valence-corrected chi connectivity index (χ3v) is 5.74. The molecule has 1 aliphatic heterocycles. The molecule has 4 rings (SSSR count). The van der Waals surface area contributed by atoms with Crippen LogP contribution in [0.3, 0.4) is 0 Å². The molecule has 0 spiro atoms. The highest BCUT2D eigenvalue weighted by atomic mass is 16.5. The van der Waals surface area contributed by atoms with Gasteiger partial charge in [-0.25, -0.2) is 4.79 Å². The normalized spacial score (nSPS) is 13.3. The van der Waals surface area contributed by atoms with Crippen molar-refractivity contribution in [3.05, 3.63) is 83.4 Å². The molecule has 166 valence electrons. The second-order valence-electron chi connectivity index (χ2n) is 8.09. The van der Waals surface area contributed by atoms with E-state index in [0.717, 1.165) is 60.6 Å². The van der Waals surface area contributed by atoms with E-state index in [0.29, 0.717) is 13.0 Å². The lowest BCUT2D eigenvalue weighted by Gasteiger charge is -2.32. The summed E-state index contributed by atoms with van der Waals surface area (Å²) >= 11 is 0. The second kappa shape index (κ2) is 10.4. The molecule has 0 aliphatic carbocycles. The average molecular weight is 432 g/mol. The monoisotopic (exact) mass is 431 g/mol. The lowest BCUT2D eigenvalue weighted by atomic mass is 10.0. The molecule has 1 unspecified atom stereocenters. The van der Waals surface area contributed by atoms with Crippen LogP contribution in [0.2, 0.25) is 0 Å². The molecule has 6 heteroatoms. The number of pyridine rings is 2. The maximum atomic E-state index is 11.4. The first-order valence-electron chi connectivity index (χ1n) is 11.2. The predicted octanol–water partition coefficient (Wildman–Crippen LogP) is 4.57. The van der Waals surface area contributed by atoms with E-state index in [1.807, 2.05) is 43.6 Å². The van der Waals surface area contributed by atoms with E-state index in [1.54, 1.807) is 0 Å². The maximum Gasteiger partial charge on any atom is 0.333 e. The highest BCUT2D eigenvalue weighted by molar-refractivity contribution is 5.73. The first-order chi connectivity index (χ1) is 15.7. The van der Waals surface area contributed by atoms with Crippen molar-refractivity contribution in [3.63, 3.8) is 0 Å². The standard InChI is InChI=1S/C26H29N3O3/c1-2-16-32-25(26(30)31)17-20-11-9-19(10-12-20)6-5-15-29-23-7-3-13-27-21(23)18-22-24(29)8-4-14-28-22/h3-4,7-14,25H,2,5-6,15-18H2,1H3,(H,30,31). The molecule has 6 nitrogen and oxygen atoms in total. The Hall–Kier alpha value is -3.25. The number of carboxylic acid groups (broad SMARTS) is 1. The predicted molar refractivity (Wildman–Crippen MR) is 124 cm³/mol. The van der Waals surface area contributed by atoms with Crippen LogP contribution in [-0.2, 0) is 28.8 Å². The SMILES string of the molecule is CCCOC(Cc1ccc(CCCN2c3cccnc3Cc3ncccc32)cc1)C(=O)O. The summed E-state index contributed by atoms with van der Waals surface area (Å²) in [5.41, 5.74) is 6.69. The van der Waals surface area contributed by atoms with Crippen molar-refractivity contribution in [1.29, 1.82) is 0 Å². The second-order valence-corrected chi connectivity index (χ2v) is 8.09. The Morgan fingerprint density at radius 2 is 1.66 bits per heavy atom. The van der Waals surface area contributed by atoms with Gasteiger partial charge in [-0.15, -0.1) is 0 Å². The summed E-state index contributed by atoms with van der Waals surface area (Å²) in [6.07, 6.45) is 6.78. The summed E-state index contributed by atoms with van der Waals surface area (Å²) in [6.45, 7) is 3.32. The molecular formula is C26H29N3O3. The van der Waals surface area contributed by atoms with Crippen LogP contribution < -0.4 is 4.90 Å². The van der Waals surface area contributed by atoms with Crippen LogP contribution in [0.5, 0.6) is 0 Å². The fourth-order valence-corrected chi connectivity index (χ4v) is 4.13. The minimum absolute atomic E-state index is 0.386. The summed E-state index contributed by atoms with van der Waals surface area (Å²) in [4.78, 5) is 22.9. The number of aliphatic carboxylic acids is 1. The van der Waals surface area contributed by atoms with Gasteiger partial charge in [-0.3, -0.25) is 9.97 Å². The summed E-state index contributed by atoms with van der Waals surface area (Å²) < 4.78 is 5.46. The van der Waals surface area contributed by atoms with Crippen LogP contribution in [0.25, 0.3) is 0 Å². The van der Waals surface area contributed by atoms with Gasteiger partial charge in [-0.05, 0) is 54.7 Å². The minimum atomic E-state index is -0.909. The molecule has 32 heavy (non-hydrogen) atoms. The molecule has 3 heterocycles. The quantitative estimate of drug-likeness (QED) is 0.507. The Morgan fingerprint density at radius 3 is 2.25 bits per heavy atom. The fraction of sp³-hybridized carbons (Fsp3) is 0.346. The van der Waals surface area contributed by atoms with Crippen LogP contribution in [0.4, 0.5) is 11.4 Å². The zero-order valence-electron chi connectivity index (χ0n) is 18.4. The van der Waals surface area contributed by atoms with E-state index >= 15 is 0 Å². The molecule has 0 fully saturated rings. The van der Waals surface area contributed by atoms with Gasteiger partial charge in [0, 0.05) is 38.4 Å². The van der Waals surface area contributed by atoms with Crippen molar-refractivity contribution < 1.29 is 14.6 Å². The van der Waals surface area contributed by atoms with E-state index in [1.165, 1.54) is 5.56 Å². The molecule has 0 amide bonds. The van der Waals surface area contributed by atoms with Gasteiger partial charge < -0.3 is 14.7 Å². The molecule has 0 bridgehead atoms. The average Bonchev–Trinajstić information content (AvgIpc) is 2.82. The van der Waals surface area contributed by atoms with Crippen LogP contribution in [0, 0.1) is 0 Å². The molecule has 0 saturated carbocycles. The number of nitrogens with zero attached hydrogens (tertiary/aromatic N) is 3. The molecule has 0 saturated heterocycles. The maximum absolute atomic E-state index is 11.4. The number of aryl methyl sites for hydroxylation is 1. The topological polar surface area (TPSA) is 75.5 Å². The molecule has 3 aromatic rings. The van der Waals surface area contributed by atoms with Crippen molar-refractivity contribution in [3.8, 4) is 0 Å². The van der Waals surface area contributed by atoms with Crippen LogP contribution >= 0.6 is 0 Å². The number of benzene rings is 1. The van der Waals surface area contributed by atoms with Gasteiger partial charge in [0.05, 0.1) is 22.8 Å².